The maximum Gasteiger partial charge on any atom is 0.0621 e. The van der Waals surface area contributed by atoms with E-state index in [1.54, 1.807) is 0 Å². The fourth-order valence-corrected chi connectivity index (χ4v) is 1.21. The first-order valence-corrected chi connectivity index (χ1v) is 5.32. The largest absolute Gasteiger partial charge is 0.314 e. The van der Waals surface area contributed by atoms with Gasteiger partial charge in [-0.05, 0) is 32.2 Å². The average molecular weight is 182 g/mol. The molecule has 0 aliphatic rings. The molecule has 0 radical (unpaired) electrons. The average Bonchev–Trinajstić information content (AvgIpc) is 2.16. The van der Waals surface area contributed by atoms with Gasteiger partial charge >= 0.3 is 0 Å². The smallest absolute Gasteiger partial charge is 0.0621 e. The van der Waals surface area contributed by atoms with Crippen molar-refractivity contribution in [2.24, 2.45) is 5.92 Å². The Balaban J connectivity index is 3.27. The van der Waals surface area contributed by atoms with Crippen LogP contribution in [0.3, 0.4) is 0 Å². The van der Waals surface area contributed by atoms with Crippen LogP contribution >= 0.6 is 0 Å². The summed E-state index contributed by atoms with van der Waals surface area (Å²) in [6, 6.07) is 2.77. The molecular formula is C11H22N2. The van der Waals surface area contributed by atoms with Crippen molar-refractivity contribution in [3.8, 4) is 6.07 Å². The number of rotatable bonds is 7. The predicted octanol–water partition coefficient (Wildman–Crippen LogP) is 2.70. The first-order valence-electron chi connectivity index (χ1n) is 5.32. The lowest BCUT2D eigenvalue weighted by atomic mass is 10.0. The molecule has 0 aromatic rings. The van der Waals surface area contributed by atoms with Crippen LogP contribution < -0.4 is 5.32 Å². The van der Waals surface area contributed by atoms with Gasteiger partial charge in [-0.15, -0.1) is 0 Å². The van der Waals surface area contributed by atoms with Crippen LogP contribution in [0, 0.1) is 17.2 Å². The molecule has 1 N–H and O–H groups in total. The molecule has 2 heteroatoms. The van der Waals surface area contributed by atoms with Crippen LogP contribution in [-0.2, 0) is 0 Å². The Morgan fingerprint density at radius 2 is 2.00 bits per heavy atom. The second-order valence-electron chi connectivity index (χ2n) is 3.74. The lowest BCUT2D eigenvalue weighted by Crippen LogP contribution is -2.32. The van der Waals surface area contributed by atoms with Crippen molar-refractivity contribution in [2.45, 2.75) is 52.5 Å². The molecule has 0 fully saturated rings. The molecule has 2 atom stereocenters. The molecule has 2 unspecified atom stereocenters. The number of hydrogen-bond donors (Lipinski definition) is 1. The summed E-state index contributed by atoms with van der Waals surface area (Å²) in [5.74, 6) is 0.746. The molecule has 0 bridgehead atoms. The Bertz CT molecular complexity index is 149. The van der Waals surface area contributed by atoms with Crippen molar-refractivity contribution in [3.63, 3.8) is 0 Å². The van der Waals surface area contributed by atoms with Crippen LogP contribution in [0.15, 0.2) is 0 Å². The third-order valence-corrected chi connectivity index (χ3v) is 2.68. The van der Waals surface area contributed by atoms with Crippen LogP contribution in [-0.4, -0.2) is 12.6 Å². The first-order chi connectivity index (χ1) is 6.22. The molecule has 0 aromatic carbocycles. The molecule has 0 rings (SSSR count). The number of unbranched alkanes of at least 4 members (excludes halogenated alkanes) is 2. The second kappa shape index (κ2) is 8.07. The van der Waals surface area contributed by atoms with Gasteiger partial charge in [0.15, 0.2) is 0 Å². The van der Waals surface area contributed by atoms with Crippen molar-refractivity contribution in [3.05, 3.63) is 0 Å². The molecular weight excluding hydrogens is 160 g/mol. The zero-order valence-electron chi connectivity index (χ0n) is 9.14. The van der Waals surface area contributed by atoms with Crippen LogP contribution in [0.5, 0.6) is 0 Å². The third-order valence-electron chi connectivity index (χ3n) is 2.68. The van der Waals surface area contributed by atoms with Crippen molar-refractivity contribution >= 4 is 0 Å². The van der Waals surface area contributed by atoms with Gasteiger partial charge in [0.25, 0.3) is 0 Å². The molecule has 76 valence electrons. The highest BCUT2D eigenvalue weighted by molar-refractivity contribution is 4.70. The van der Waals surface area contributed by atoms with Gasteiger partial charge in [-0.1, -0.05) is 20.3 Å². The quantitative estimate of drug-likeness (QED) is 0.614. The minimum absolute atomic E-state index is 0.604. The number of nitrogens with zero attached hydrogens (tertiary/aromatic N) is 1. The molecule has 0 heterocycles. The van der Waals surface area contributed by atoms with Crippen molar-refractivity contribution in [2.75, 3.05) is 6.54 Å². The molecule has 0 aromatic heterocycles. The Morgan fingerprint density at radius 3 is 2.54 bits per heavy atom. The summed E-state index contributed by atoms with van der Waals surface area (Å²) < 4.78 is 0. The Morgan fingerprint density at radius 1 is 1.31 bits per heavy atom. The summed E-state index contributed by atoms with van der Waals surface area (Å²) in [7, 11) is 0. The van der Waals surface area contributed by atoms with E-state index in [0.717, 1.165) is 25.3 Å². The fourth-order valence-electron chi connectivity index (χ4n) is 1.21. The molecule has 0 amide bonds. The fraction of sp³-hybridized carbons (Fsp3) is 0.909. The van der Waals surface area contributed by atoms with E-state index in [1.165, 1.54) is 6.42 Å². The molecule has 0 saturated carbocycles. The van der Waals surface area contributed by atoms with Crippen molar-refractivity contribution in [1.82, 2.24) is 5.32 Å². The normalized spacial score (nSPS) is 14.9. The summed E-state index contributed by atoms with van der Waals surface area (Å²) in [4.78, 5) is 0. The van der Waals surface area contributed by atoms with E-state index in [9.17, 15) is 0 Å². The van der Waals surface area contributed by atoms with Gasteiger partial charge in [-0.25, -0.2) is 0 Å². The molecule has 0 aliphatic carbocycles. The minimum Gasteiger partial charge on any atom is -0.314 e. The molecule has 13 heavy (non-hydrogen) atoms. The SMILES string of the molecule is CCC(C)C(C)NCCCCC#N. The van der Waals surface area contributed by atoms with E-state index in [1.807, 2.05) is 0 Å². The van der Waals surface area contributed by atoms with Crippen LogP contribution in [0.1, 0.15) is 46.5 Å². The number of nitrogens with one attached hydrogen (secondary N) is 1. The predicted molar refractivity (Wildman–Crippen MR) is 56.4 cm³/mol. The highest BCUT2D eigenvalue weighted by Gasteiger charge is 2.07. The number of hydrogen-bond acceptors (Lipinski definition) is 2. The van der Waals surface area contributed by atoms with E-state index in [0.29, 0.717) is 12.5 Å². The van der Waals surface area contributed by atoms with Gasteiger partial charge in [0, 0.05) is 12.5 Å². The monoisotopic (exact) mass is 182 g/mol. The maximum atomic E-state index is 8.33. The summed E-state index contributed by atoms with van der Waals surface area (Å²) in [6.07, 6.45) is 4.07. The lowest BCUT2D eigenvalue weighted by Gasteiger charge is -2.19. The van der Waals surface area contributed by atoms with E-state index in [2.05, 4.69) is 32.2 Å². The standard InChI is InChI=1S/C11H22N2/c1-4-10(2)11(3)13-9-7-5-6-8-12/h10-11,13H,4-7,9H2,1-3H3. The third kappa shape index (κ3) is 6.60. The topological polar surface area (TPSA) is 35.8 Å². The summed E-state index contributed by atoms with van der Waals surface area (Å²) in [5.41, 5.74) is 0. The van der Waals surface area contributed by atoms with Crippen molar-refractivity contribution in [1.29, 1.82) is 5.26 Å². The van der Waals surface area contributed by atoms with Gasteiger partial charge in [0.05, 0.1) is 6.07 Å². The lowest BCUT2D eigenvalue weighted by molar-refractivity contribution is 0.387. The number of nitriles is 1. The minimum atomic E-state index is 0.604. The van der Waals surface area contributed by atoms with E-state index in [4.69, 9.17) is 5.26 Å². The summed E-state index contributed by atoms with van der Waals surface area (Å²) >= 11 is 0. The summed E-state index contributed by atoms with van der Waals surface area (Å²) in [6.45, 7) is 7.77. The van der Waals surface area contributed by atoms with E-state index in [-0.39, 0.29) is 0 Å². The van der Waals surface area contributed by atoms with Gasteiger partial charge in [0.2, 0.25) is 0 Å². The van der Waals surface area contributed by atoms with E-state index >= 15 is 0 Å². The molecule has 2 nitrogen and oxygen atoms in total. The second-order valence-corrected chi connectivity index (χ2v) is 3.74. The van der Waals surface area contributed by atoms with Crippen LogP contribution in [0.2, 0.25) is 0 Å². The van der Waals surface area contributed by atoms with Crippen LogP contribution in [0.4, 0.5) is 0 Å². The highest BCUT2D eigenvalue weighted by Crippen LogP contribution is 2.06. The van der Waals surface area contributed by atoms with E-state index < -0.39 is 0 Å². The summed E-state index contributed by atoms with van der Waals surface area (Å²) in [5, 5.41) is 11.8. The van der Waals surface area contributed by atoms with Crippen LogP contribution in [0.25, 0.3) is 0 Å². The van der Waals surface area contributed by atoms with Gasteiger partial charge in [0.1, 0.15) is 0 Å². The van der Waals surface area contributed by atoms with Gasteiger partial charge < -0.3 is 5.32 Å². The maximum absolute atomic E-state index is 8.33. The Kier molecular flexibility index (Phi) is 7.73. The highest BCUT2D eigenvalue weighted by atomic mass is 14.9. The zero-order chi connectivity index (χ0) is 10.1. The molecule has 0 aliphatic heterocycles. The first kappa shape index (κ1) is 12.4. The Hall–Kier alpha value is -0.550. The van der Waals surface area contributed by atoms with Crippen molar-refractivity contribution < 1.29 is 0 Å². The molecule has 0 saturated heterocycles. The Labute approximate surface area is 82.3 Å². The van der Waals surface area contributed by atoms with Gasteiger partial charge in [-0.2, -0.15) is 5.26 Å². The zero-order valence-corrected chi connectivity index (χ0v) is 9.14. The van der Waals surface area contributed by atoms with Gasteiger partial charge in [-0.3, -0.25) is 0 Å². The molecule has 0 spiro atoms.